The molecule has 1 aliphatic heterocycles. The minimum absolute atomic E-state index is 0.232. The molecule has 0 saturated carbocycles. The lowest BCUT2D eigenvalue weighted by Crippen LogP contribution is -2.49. The number of aromatic amines is 1. The Hall–Kier alpha value is -2.82. The molecule has 0 amide bonds. The van der Waals surface area contributed by atoms with Crippen molar-refractivity contribution in [2.45, 2.75) is 13.5 Å². The zero-order valence-corrected chi connectivity index (χ0v) is 19.8. The Balaban J connectivity index is 1.70. The molecule has 2 aromatic heterocycles. The van der Waals surface area contributed by atoms with E-state index in [9.17, 15) is 14.4 Å². The molecule has 1 aromatic carbocycles. The van der Waals surface area contributed by atoms with Gasteiger partial charge in [0.2, 0.25) is 5.95 Å². The molecule has 0 unspecified atom stereocenters. The quantitative estimate of drug-likeness (QED) is 0.517. The second-order valence-corrected chi connectivity index (χ2v) is 8.62. The third-order valence-electron chi connectivity index (χ3n) is 5.62. The maximum Gasteiger partial charge on any atom is 0.329 e. The van der Waals surface area contributed by atoms with E-state index in [1.165, 1.54) is 4.57 Å². The number of benzene rings is 1. The van der Waals surface area contributed by atoms with Crippen molar-refractivity contribution in [3.05, 3.63) is 54.6 Å². The van der Waals surface area contributed by atoms with Gasteiger partial charge in [-0.05, 0) is 24.6 Å². The number of fused-ring (bicyclic) bond motifs is 1. The predicted molar refractivity (Wildman–Crippen MR) is 126 cm³/mol. The van der Waals surface area contributed by atoms with Gasteiger partial charge in [-0.2, -0.15) is 4.98 Å². The fourth-order valence-corrected chi connectivity index (χ4v) is 4.25. The number of nitrogens with zero attached hydrogens (tertiary/aromatic N) is 5. The van der Waals surface area contributed by atoms with Crippen LogP contribution in [0.15, 0.2) is 27.8 Å². The lowest BCUT2D eigenvalue weighted by Gasteiger charge is -2.34. The van der Waals surface area contributed by atoms with Crippen molar-refractivity contribution in [2.75, 3.05) is 44.2 Å². The molecule has 3 aromatic rings. The van der Waals surface area contributed by atoms with Crippen molar-refractivity contribution in [1.29, 1.82) is 0 Å². The summed E-state index contributed by atoms with van der Waals surface area (Å²) in [7, 11) is 1.57. The number of carbonyl (C=O) groups is 1. The highest BCUT2D eigenvalue weighted by atomic mass is 35.5. The first-order valence-electron chi connectivity index (χ1n) is 10.5. The van der Waals surface area contributed by atoms with Crippen molar-refractivity contribution in [3.63, 3.8) is 0 Å². The van der Waals surface area contributed by atoms with E-state index in [2.05, 4.69) is 9.97 Å². The number of halogens is 2. The van der Waals surface area contributed by atoms with E-state index in [1.54, 1.807) is 30.7 Å². The summed E-state index contributed by atoms with van der Waals surface area (Å²) >= 11 is 12.2. The number of aryl methyl sites for hydroxylation is 1. The third kappa shape index (κ3) is 4.78. The summed E-state index contributed by atoms with van der Waals surface area (Å²) in [4.78, 5) is 47.8. The lowest BCUT2D eigenvalue weighted by molar-refractivity contribution is -0.144. The van der Waals surface area contributed by atoms with E-state index in [0.717, 1.165) is 5.56 Å². The van der Waals surface area contributed by atoms with Gasteiger partial charge in [0.05, 0.1) is 29.7 Å². The van der Waals surface area contributed by atoms with Gasteiger partial charge >= 0.3 is 11.7 Å². The second kappa shape index (κ2) is 9.58. The van der Waals surface area contributed by atoms with Crippen LogP contribution in [0.2, 0.25) is 10.0 Å². The van der Waals surface area contributed by atoms with Crippen LogP contribution in [0.3, 0.4) is 0 Å². The number of piperazine rings is 1. The average Bonchev–Trinajstić information content (AvgIpc) is 3.15. The number of hydrogen-bond donors (Lipinski definition) is 1. The van der Waals surface area contributed by atoms with Gasteiger partial charge in [-0.1, -0.05) is 29.3 Å². The Kier molecular flexibility index (Phi) is 6.78. The molecule has 0 aliphatic carbocycles. The normalized spacial score (nSPS) is 14.7. The molecule has 33 heavy (non-hydrogen) atoms. The molecular weight excluding hydrogens is 471 g/mol. The number of hydrogen-bond acceptors (Lipinski definition) is 7. The molecule has 1 aliphatic rings. The number of aromatic nitrogens is 4. The van der Waals surface area contributed by atoms with Crippen LogP contribution < -0.4 is 16.1 Å². The van der Waals surface area contributed by atoms with E-state index < -0.39 is 11.2 Å². The summed E-state index contributed by atoms with van der Waals surface area (Å²) < 4.78 is 8.14. The predicted octanol–water partition coefficient (Wildman–Crippen LogP) is 1.46. The molecule has 0 bridgehead atoms. The van der Waals surface area contributed by atoms with Crippen LogP contribution in [0, 0.1) is 0 Å². The van der Waals surface area contributed by atoms with Crippen molar-refractivity contribution < 1.29 is 9.53 Å². The van der Waals surface area contributed by atoms with Crippen LogP contribution in [0.1, 0.15) is 12.5 Å². The smallest absolute Gasteiger partial charge is 0.329 e. The van der Waals surface area contributed by atoms with Gasteiger partial charge in [0, 0.05) is 33.2 Å². The Labute approximate surface area is 199 Å². The van der Waals surface area contributed by atoms with E-state index in [0.29, 0.717) is 66.5 Å². The maximum atomic E-state index is 12.8. The number of carbonyl (C=O) groups excluding carboxylic acids is 1. The molecule has 12 heteroatoms. The van der Waals surface area contributed by atoms with E-state index in [4.69, 9.17) is 27.9 Å². The Morgan fingerprint density at radius 2 is 1.88 bits per heavy atom. The number of nitrogens with one attached hydrogen (secondary N) is 1. The first kappa shape index (κ1) is 23.3. The molecule has 1 saturated heterocycles. The average molecular weight is 495 g/mol. The SMILES string of the molecule is CCOC(=O)CN1CCN(c2nc3c(c(=O)[nH]c(=O)n3C)n2Cc2ccc(Cl)c(Cl)c2)CC1. The van der Waals surface area contributed by atoms with Gasteiger partial charge in [-0.3, -0.25) is 28.6 Å². The molecule has 4 rings (SSSR count). The lowest BCUT2D eigenvalue weighted by atomic mass is 10.2. The van der Waals surface area contributed by atoms with Gasteiger partial charge in [-0.25, -0.2) is 4.79 Å². The van der Waals surface area contributed by atoms with Crippen LogP contribution in [0.4, 0.5) is 5.95 Å². The number of imidazole rings is 1. The second-order valence-electron chi connectivity index (χ2n) is 7.81. The zero-order valence-electron chi connectivity index (χ0n) is 18.3. The number of anilines is 1. The van der Waals surface area contributed by atoms with Crippen LogP contribution in [0.25, 0.3) is 11.2 Å². The highest BCUT2D eigenvalue weighted by Gasteiger charge is 2.26. The highest BCUT2D eigenvalue weighted by molar-refractivity contribution is 6.42. The number of rotatable bonds is 6. The highest BCUT2D eigenvalue weighted by Crippen LogP contribution is 2.26. The largest absolute Gasteiger partial charge is 0.465 e. The molecular formula is C21H24Cl2N6O4. The first-order valence-corrected chi connectivity index (χ1v) is 11.3. The van der Waals surface area contributed by atoms with Gasteiger partial charge in [0.15, 0.2) is 11.2 Å². The van der Waals surface area contributed by atoms with Gasteiger partial charge in [-0.15, -0.1) is 0 Å². The van der Waals surface area contributed by atoms with Crippen molar-refractivity contribution in [2.24, 2.45) is 7.05 Å². The van der Waals surface area contributed by atoms with Crippen molar-refractivity contribution in [3.8, 4) is 0 Å². The number of esters is 1. The molecule has 176 valence electrons. The van der Waals surface area contributed by atoms with E-state index in [1.807, 2.05) is 15.9 Å². The summed E-state index contributed by atoms with van der Waals surface area (Å²) in [5.74, 6) is 0.317. The van der Waals surface area contributed by atoms with E-state index >= 15 is 0 Å². The number of ether oxygens (including phenoxy) is 1. The maximum absolute atomic E-state index is 12.8. The summed E-state index contributed by atoms with van der Waals surface area (Å²) in [6.07, 6.45) is 0. The Morgan fingerprint density at radius 3 is 2.55 bits per heavy atom. The van der Waals surface area contributed by atoms with Crippen LogP contribution >= 0.6 is 23.2 Å². The van der Waals surface area contributed by atoms with Gasteiger partial charge < -0.3 is 9.64 Å². The molecule has 3 heterocycles. The molecule has 0 spiro atoms. The van der Waals surface area contributed by atoms with Crippen LogP contribution in [-0.4, -0.2) is 69.3 Å². The number of H-pyrrole nitrogens is 1. The zero-order chi connectivity index (χ0) is 23.7. The molecule has 10 nitrogen and oxygen atoms in total. The monoisotopic (exact) mass is 494 g/mol. The standard InChI is InChI=1S/C21H24Cl2N6O4/c1-3-33-16(30)12-27-6-8-28(9-7-27)20-24-18-17(19(31)25-21(32)26(18)2)29(20)11-13-4-5-14(22)15(23)10-13/h4-5,10H,3,6-9,11-12H2,1-2H3,(H,25,31,32). The summed E-state index contributed by atoms with van der Waals surface area (Å²) in [6.45, 7) is 5.12. The molecule has 0 radical (unpaired) electrons. The third-order valence-corrected chi connectivity index (χ3v) is 6.36. The van der Waals surface area contributed by atoms with Gasteiger partial charge in [0.1, 0.15) is 0 Å². The van der Waals surface area contributed by atoms with Crippen molar-refractivity contribution in [1.82, 2.24) is 24.0 Å². The summed E-state index contributed by atoms with van der Waals surface area (Å²) in [6, 6.07) is 5.27. The van der Waals surface area contributed by atoms with E-state index in [-0.39, 0.29) is 12.5 Å². The van der Waals surface area contributed by atoms with Crippen LogP contribution in [-0.2, 0) is 23.1 Å². The Morgan fingerprint density at radius 1 is 1.15 bits per heavy atom. The Bertz CT molecular complexity index is 1310. The molecule has 1 fully saturated rings. The molecule has 0 atom stereocenters. The minimum Gasteiger partial charge on any atom is -0.465 e. The summed E-state index contributed by atoms with van der Waals surface area (Å²) in [5.41, 5.74) is 0.393. The van der Waals surface area contributed by atoms with Crippen molar-refractivity contribution >= 4 is 46.3 Å². The minimum atomic E-state index is -0.530. The molecule has 1 N–H and O–H groups in total. The topological polar surface area (TPSA) is 105 Å². The summed E-state index contributed by atoms with van der Waals surface area (Å²) in [5, 5.41) is 0.850. The first-order chi connectivity index (χ1) is 15.8. The van der Waals surface area contributed by atoms with Gasteiger partial charge in [0.25, 0.3) is 5.56 Å². The van der Waals surface area contributed by atoms with Crippen LogP contribution in [0.5, 0.6) is 0 Å². The fourth-order valence-electron chi connectivity index (χ4n) is 3.93. The fraction of sp³-hybridized carbons (Fsp3) is 0.429.